The lowest BCUT2D eigenvalue weighted by molar-refractivity contribution is 0.278. The Hall–Kier alpha value is -0.760. The van der Waals surface area contributed by atoms with E-state index in [1.165, 1.54) is 49.1 Å². The molecule has 0 saturated heterocycles. The fraction of sp³-hybridized carbons (Fsp3) is 0.750. The number of hydrogen-bond donors (Lipinski definition) is 1. The topological polar surface area (TPSA) is 17.0 Å². The molecule has 2 unspecified atom stereocenters. The highest BCUT2D eigenvalue weighted by atomic mass is 15.0. The lowest BCUT2D eigenvalue weighted by Crippen LogP contribution is -2.33. The molecule has 1 saturated carbocycles. The van der Waals surface area contributed by atoms with Crippen LogP contribution in [0.5, 0.6) is 0 Å². The smallest absolute Gasteiger partial charge is 0.0225 e. The van der Waals surface area contributed by atoms with E-state index < -0.39 is 0 Å². The van der Waals surface area contributed by atoms with Gasteiger partial charge in [0.25, 0.3) is 0 Å². The van der Waals surface area contributed by atoms with Crippen molar-refractivity contribution in [3.63, 3.8) is 0 Å². The molecule has 102 valence electrons. The van der Waals surface area contributed by atoms with E-state index in [0.717, 1.165) is 18.5 Å². The maximum absolute atomic E-state index is 3.77. The van der Waals surface area contributed by atoms with E-state index in [-0.39, 0.29) is 0 Å². The zero-order valence-electron chi connectivity index (χ0n) is 12.4. The predicted molar refractivity (Wildman–Crippen MR) is 77.8 cm³/mol. The molecule has 1 heterocycles. The van der Waals surface area contributed by atoms with Crippen LogP contribution in [0, 0.1) is 19.8 Å². The van der Waals surface area contributed by atoms with E-state index in [4.69, 9.17) is 0 Å². The molecule has 2 rings (SSSR count). The van der Waals surface area contributed by atoms with Gasteiger partial charge in [0.05, 0.1) is 0 Å². The number of aryl methyl sites for hydroxylation is 1. The van der Waals surface area contributed by atoms with Gasteiger partial charge in [0.15, 0.2) is 0 Å². The summed E-state index contributed by atoms with van der Waals surface area (Å²) in [5, 5.41) is 3.77. The van der Waals surface area contributed by atoms with Gasteiger partial charge in [-0.1, -0.05) is 26.2 Å². The zero-order valence-corrected chi connectivity index (χ0v) is 12.4. The Morgan fingerprint density at radius 3 is 2.72 bits per heavy atom. The molecule has 1 aromatic rings. The lowest BCUT2D eigenvalue weighted by Gasteiger charge is -2.29. The van der Waals surface area contributed by atoms with Crippen molar-refractivity contribution in [2.45, 2.75) is 65.5 Å². The molecule has 1 aliphatic rings. The lowest BCUT2D eigenvalue weighted by atomic mass is 9.84. The van der Waals surface area contributed by atoms with E-state index in [9.17, 15) is 0 Å². The van der Waals surface area contributed by atoms with Crippen molar-refractivity contribution in [2.24, 2.45) is 13.0 Å². The summed E-state index contributed by atoms with van der Waals surface area (Å²) in [6, 6.07) is 3.06. The molecule has 1 fully saturated rings. The van der Waals surface area contributed by atoms with Crippen molar-refractivity contribution in [1.82, 2.24) is 9.88 Å². The van der Waals surface area contributed by atoms with Gasteiger partial charge in [0, 0.05) is 31.0 Å². The number of aromatic nitrogens is 1. The molecule has 1 aromatic heterocycles. The van der Waals surface area contributed by atoms with Gasteiger partial charge in [0.2, 0.25) is 0 Å². The monoisotopic (exact) mass is 248 g/mol. The molecule has 0 bridgehead atoms. The van der Waals surface area contributed by atoms with Crippen LogP contribution in [0.4, 0.5) is 0 Å². The summed E-state index contributed by atoms with van der Waals surface area (Å²) in [4.78, 5) is 0. The van der Waals surface area contributed by atoms with Gasteiger partial charge >= 0.3 is 0 Å². The Bertz CT molecular complexity index is 392. The van der Waals surface area contributed by atoms with E-state index in [2.05, 4.69) is 43.8 Å². The van der Waals surface area contributed by atoms with Crippen molar-refractivity contribution in [1.29, 1.82) is 0 Å². The van der Waals surface area contributed by atoms with Crippen LogP contribution in [0.2, 0.25) is 0 Å². The first-order valence-electron chi connectivity index (χ1n) is 7.47. The summed E-state index contributed by atoms with van der Waals surface area (Å²) in [5.74, 6) is 0.954. The molecule has 2 atom stereocenters. The van der Waals surface area contributed by atoms with Gasteiger partial charge in [-0.2, -0.15) is 0 Å². The molecule has 18 heavy (non-hydrogen) atoms. The van der Waals surface area contributed by atoms with E-state index in [1.54, 1.807) is 0 Å². The van der Waals surface area contributed by atoms with Crippen LogP contribution in [0.3, 0.4) is 0 Å². The van der Waals surface area contributed by atoms with Crippen molar-refractivity contribution < 1.29 is 0 Å². The van der Waals surface area contributed by atoms with Gasteiger partial charge in [0.1, 0.15) is 0 Å². The second-order valence-electron chi connectivity index (χ2n) is 5.97. The van der Waals surface area contributed by atoms with Crippen LogP contribution in [0.25, 0.3) is 0 Å². The highest BCUT2D eigenvalue weighted by molar-refractivity contribution is 5.26. The Morgan fingerprint density at radius 1 is 1.33 bits per heavy atom. The standard InChI is InChI=1S/C16H28N2/c1-5-14-7-6-8-16(10-14)17-11-15-9-12(2)18(4)13(15)3/h9,14,16-17H,5-8,10-11H2,1-4H3. The van der Waals surface area contributed by atoms with Crippen LogP contribution in [-0.2, 0) is 13.6 Å². The molecule has 2 heteroatoms. The van der Waals surface area contributed by atoms with E-state index in [1.807, 2.05) is 0 Å². The summed E-state index contributed by atoms with van der Waals surface area (Å²) in [5.41, 5.74) is 4.23. The summed E-state index contributed by atoms with van der Waals surface area (Å²) in [7, 11) is 2.15. The fourth-order valence-electron chi connectivity index (χ4n) is 3.21. The van der Waals surface area contributed by atoms with Gasteiger partial charge in [-0.3, -0.25) is 0 Å². The third-order valence-electron chi connectivity index (χ3n) is 4.82. The minimum absolute atomic E-state index is 0.739. The normalized spacial score (nSPS) is 24.4. The quantitative estimate of drug-likeness (QED) is 0.859. The summed E-state index contributed by atoms with van der Waals surface area (Å²) in [6.45, 7) is 7.77. The number of hydrogen-bond acceptors (Lipinski definition) is 1. The second kappa shape index (κ2) is 5.92. The van der Waals surface area contributed by atoms with E-state index in [0.29, 0.717) is 0 Å². The molecule has 0 spiro atoms. The molecule has 1 aliphatic carbocycles. The van der Waals surface area contributed by atoms with Gasteiger partial charge in [-0.05, 0) is 44.2 Å². The zero-order chi connectivity index (χ0) is 13.1. The highest BCUT2D eigenvalue weighted by Gasteiger charge is 2.20. The first-order valence-corrected chi connectivity index (χ1v) is 7.47. The number of nitrogens with one attached hydrogen (secondary N) is 1. The molecule has 2 nitrogen and oxygen atoms in total. The molecule has 0 amide bonds. The van der Waals surface area contributed by atoms with Gasteiger partial charge < -0.3 is 9.88 Å². The van der Waals surface area contributed by atoms with Crippen molar-refractivity contribution in [3.05, 3.63) is 23.0 Å². The third kappa shape index (κ3) is 2.97. The van der Waals surface area contributed by atoms with Crippen molar-refractivity contribution in [3.8, 4) is 0 Å². The minimum Gasteiger partial charge on any atom is -0.352 e. The average Bonchev–Trinajstić information content (AvgIpc) is 2.64. The first-order chi connectivity index (χ1) is 8.61. The third-order valence-corrected chi connectivity index (χ3v) is 4.82. The van der Waals surface area contributed by atoms with Crippen LogP contribution < -0.4 is 5.32 Å². The van der Waals surface area contributed by atoms with Gasteiger partial charge in [-0.15, -0.1) is 0 Å². The highest BCUT2D eigenvalue weighted by Crippen LogP contribution is 2.26. The molecule has 1 N–H and O–H groups in total. The predicted octanol–water partition coefficient (Wildman–Crippen LogP) is 3.70. The van der Waals surface area contributed by atoms with Gasteiger partial charge in [-0.25, -0.2) is 0 Å². The summed E-state index contributed by atoms with van der Waals surface area (Å²) >= 11 is 0. The maximum Gasteiger partial charge on any atom is 0.0225 e. The molecular weight excluding hydrogens is 220 g/mol. The molecule has 0 aliphatic heterocycles. The van der Waals surface area contributed by atoms with Crippen LogP contribution in [0.1, 0.15) is 56.0 Å². The fourth-order valence-corrected chi connectivity index (χ4v) is 3.21. The Morgan fingerprint density at radius 2 is 2.11 bits per heavy atom. The molecule has 0 aromatic carbocycles. The Balaban J connectivity index is 1.89. The molecule has 0 radical (unpaired) electrons. The van der Waals surface area contributed by atoms with Crippen LogP contribution in [0.15, 0.2) is 6.07 Å². The van der Waals surface area contributed by atoms with Crippen molar-refractivity contribution >= 4 is 0 Å². The molecular formula is C16H28N2. The average molecular weight is 248 g/mol. The first kappa shape index (κ1) is 13.7. The largest absolute Gasteiger partial charge is 0.352 e. The SMILES string of the molecule is CCC1CCCC(NCc2cc(C)n(C)c2C)C1. The van der Waals surface area contributed by atoms with Crippen molar-refractivity contribution in [2.75, 3.05) is 0 Å². The van der Waals surface area contributed by atoms with E-state index >= 15 is 0 Å². The Kier molecular flexibility index (Phi) is 4.50. The minimum atomic E-state index is 0.739. The number of nitrogens with zero attached hydrogens (tertiary/aromatic N) is 1. The van der Waals surface area contributed by atoms with Crippen LogP contribution in [-0.4, -0.2) is 10.6 Å². The Labute approximate surface area is 112 Å². The summed E-state index contributed by atoms with van der Waals surface area (Å²) in [6.07, 6.45) is 6.94. The maximum atomic E-state index is 3.77. The number of rotatable bonds is 4. The summed E-state index contributed by atoms with van der Waals surface area (Å²) < 4.78 is 2.28. The van der Waals surface area contributed by atoms with Crippen LogP contribution >= 0.6 is 0 Å². The second-order valence-corrected chi connectivity index (χ2v) is 5.97.